The van der Waals surface area contributed by atoms with E-state index in [-0.39, 0.29) is 0 Å². The Morgan fingerprint density at radius 3 is 2.79 bits per heavy atom. The van der Waals surface area contributed by atoms with E-state index in [0.717, 1.165) is 29.1 Å². The van der Waals surface area contributed by atoms with Crippen molar-refractivity contribution in [3.05, 3.63) is 29.3 Å². The summed E-state index contributed by atoms with van der Waals surface area (Å²) in [6, 6.07) is 5.95. The van der Waals surface area contributed by atoms with Gasteiger partial charge in [-0.2, -0.15) is 12.6 Å². The highest BCUT2D eigenvalue weighted by Gasteiger charge is 1.96. The van der Waals surface area contributed by atoms with Crippen LogP contribution >= 0.6 is 12.6 Å². The van der Waals surface area contributed by atoms with E-state index in [2.05, 4.69) is 24.5 Å². The van der Waals surface area contributed by atoms with E-state index < -0.39 is 0 Å². The lowest BCUT2D eigenvalue weighted by molar-refractivity contribution is 0.411. The number of thiol groups is 1. The molecule has 0 bridgehead atoms. The van der Waals surface area contributed by atoms with Crippen LogP contribution in [-0.2, 0) is 0 Å². The maximum absolute atomic E-state index is 5.17. The molecule has 1 aromatic carbocycles. The lowest BCUT2D eigenvalue weighted by Crippen LogP contribution is -1.87. The topological polar surface area (TPSA) is 9.23 Å². The summed E-state index contributed by atoms with van der Waals surface area (Å²) in [4.78, 5) is 0. The molecule has 0 aliphatic rings. The Labute approximate surface area is 90.9 Å². The molecule has 0 atom stereocenters. The Hall–Kier alpha value is -1.07. The van der Waals surface area contributed by atoms with Gasteiger partial charge in [0.05, 0.1) is 7.11 Å². The van der Waals surface area contributed by atoms with E-state index in [1.54, 1.807) is 7.11 Å². The van der Waals surface area contributed by atoms with E-state index in [0.29, 0.717) is 0 Å². The van der Waals surface area contributed by atoms with Crippen molar-refractivity contribution in [1.82, 2.24) is 0 Å². The molecule has 1 nitrogen and oxygen atoms in total. The van der Waals surface area contributed by atoms with Crippen molar-refractivity contribution >= 4 is 12.6 Å². The molecule has 0 N–H and O–H groups in total. The summed E-state index contributed by atoms with van der Waals surface area (Å²) in [6.07, 6.45) is 0.828. The number of ether oxygens (including phenoxy) is 1. The standard InChI is InChI=1S/C12H14OS/c1-10-9-11(5-3-4-8-14)6-7-12(10)13-2/h6-7,9,14H,4,8H2,1-2H3. The number of aryl methyl sites for hydroxylation is 1. The van der Waals surface area contributed by atoms with Crippen LogP contribution in [0.4, 0.5) is 0 Å². The molecule has 0 unspecified atom stereocenters. The third-order valence-electron chi connectivity index (χ3n) is 1.86. The third kappa shape index (κ3) is 3.01. The maximum atomic E-state index is 5.17. The first-order valence-electron chi connectivity index (χ1n) is 4.52. The Kier molecular flexibility index (Phi) is 4.42. The van der Waals surface area contributed by atoms with Gasteiger partial charge >= 0.3 is 0 Å². The second-order valence-electron chi connectivity index (χ2n) is 2.96. The normalized spacial score (nSPS) is 9.07. The van der Waals surface area contributed by atoms with Crippen LogP contribution in [0.5, 0.6) is 5.75 Å². The summed E-state index contributed by atoms with van der Waals surface area (Å²) in [6.45, 7) is 2.02. The molecular weight excluding hydrogens is 192 g/mol. The Bertz CT molecular complexity index is 360. The molecule has 0 amide bonds. The van der Waals surface area contributed by atoms with Gasteiger partial charge in [0.2, 0.25) is 0 Å². The van der Waals surface area contributed by atoms with Crippen molar-refractivity contribution in [2.75, 3.05) is 12.9 Å². The van der Waals surface area contributed by atoms with Crippen molar-refractivity contribution in [2.24, 2.45) is 0 Å². The minimum atomic E-state index is 0.808. The molecule has 0 saturated heterocycles. The highest BCUT2D eigenvalue weighted by Crippen LogP contribution is 2.17. The molecule has 0 fully saturated rings. The van der Waals surface area contributed by atoms with Gasteiger partial charge in [-0.25, -0.2) is 0 Å². The van der Waals surface area contributed by atoms with Crippen LogP contribution in [0.2, 0.25) is 0 Å². The highest BCUT2D eigenvalue weighted by molar-refractivity contribution is 7.80. The number of methoxy groups -OCH3 is 1. The van der Waals surface area contributed by atoms with E-state index in [4.69, 9.17) is 4.74 Å². The molecule has 0 aliphatic carbocycles. The smallest absolute Gasteiger partial charge is 0.121 e. The first kappa shape index (κ1) is 11.0. The van der Waals surface area contributed by atoms with Crippen molar-refractivity contribution in [3.63, 3.8) is 0 Å². The fourth-order valence-corrected chi connectivity index (χ4v) is 1.29. The molecule has 1 aromatic rings. The molecule has 0 heterocycles. The maximum Gasteiger partial charge on any atom is 0.121 e. The van der Waals surface area contributed by atoms with Crippen LogP contribution in [0, 0.1) is 18.8 Å². The molecule has 0 spiro atoms. The molecule has 74 valence electrons. The molecule has 0 saturated carbocycles. The summed E-state index contributed by atoms with van der Waals surface area (Å²) in [5.41, 5.74) is 2.15. The predicted octanol–water partition coefficient (Wildman–Crippen LogP) is 2.68. The van der Waals surface area contributed by atoms with E-state index in [1.165, 1.54) is 0 Å². The molecule has 0 radical (unpaired) electrons. The Balaban J connectivity index is 2.82. The zero-order valence-corrected chi connectivity index (χ0v) is 9.40. The van der Waals surface area contributed by atoms with Gasteiger partial charge in [-0.3, -0.25) is 0 Å². The molecule has 14 heavy (non-hydrogen) atoms. The van der Waals surface area contributed by atoms with Crippen LogP contribution in [0.3, 0.4) is 0 Å². The molecule has 1 rings (SSSR count). The van der Waals surface area contributed by atoms with E-state index in [1.807, 2.05) is 25.1 Å². The number of hydrogen-bond donors (Lipinski definition) is 1. The lowest BCUT2D eigenvalue weighted by Gasteiger charge is -2.03. The van der Waals surface area contributed by atoms with Gasteiger partial charge in [0.25, 0.3) is 0 Å². The van der Waals surface area contributed by atoms with Gasteiger partial charge < -0.3 is 4.74 Å². The predicted molar refractivity (Wildman–Crippen MR) is 63.1 cm³/mol. The zero-order chi connectivity index (χ0) is 10.4. The van der Waals surface area contributed by atoms with E-state index >= 15 is 0 Å². The summed E-state index contributed by atoms with van der Waals surface area (Å²) in [5, 5.41) is 0. The van der Waals surface area contributed by atoms with Crippen molar-refractivity contribution in [2.45, 2.75) is 13.3 Å². The van der Waals surface area contributed by atoms with Crippen LogP contribution in [0.1, 0.15) is 17.5 Å². The Morgan fingerprint density at radius 2 is 2.21 bits per heavy atom. The summed E-state index contributed by atoms with van der Waals surface area (Å²) < 4.78 is 5.17. The Morgan fingerprint density at radius 1 is 1.43 bits per heavy atom. The zero-order valence-electron chi connectivity index (χ0n) is 8.50. The molecule has 0 aromatic heterocycles. The second-order valence-corrected chi connectivity index (χ2v) is 3.41. The minimum Gasteiger partial charge on any atom is -0.496 e. The average molecular weight is 206 g/mol. The third-order valence-corrected chi connectivity index (χ3v) is 2.09. The van der Waals surface area contributed by atoms with Gasteiger partial charge in [-0.05, 0) is 30.7 Å². The number of hydrogen-bond acceptors (Lipinski definition) is 2. The first-order valence-corrected chi connectivity index (χ1v) is 5.15. The first-order chi connectivity index (χ1) is 6.77. The van der Waals surface area contributed by atoms with Gasteiger partial charge in [0.1, 0.15) is 5.75 Å². The molecular formula is C12H14OS. The SMILES string of the molecule is COc1ccc(C#CCCS)cc1C. The van der Waals surface area contributed by atoms with Gasteiger partial charge in [-0.1, -0.05) is 11.8 Å². The van der Waals surface area contributed by atoms with Crippen LogP contribution < -0.4 is 4.74 Å². The van der Waals surface area contributed by atoms with Gasteiger partial charge in [0, 0.05) is 17.7 Å². The van der Waals surface area contributed by atoms with Crippen molar-refractivity contribution < 1.29 is 4.74 Å². The molecule has 2 heteroatoms. The van der Waals surface area contributed by atoms with Gasteiger partial charge in [-0.15, -0.1) is 0 Å². The van der Waals surface area contributed by atoms with Gasteiger partial charge in [0.15, 0.2) is 0 Å². The summed E-state index contributed by atoms with van der Waals surface area (Å²) in [7, 11) is 1.68. The average Bonchev–Trinajstić information content (AvgIpc) is 2.18. The second kappa shape index (κ2) is 5.62. The largest absolute Gasteiger partial charge is 0.496 e. The van der Waals surface area contributed by atoms with E-state index in [9.17, 15) is 0 Å². The highest BCUT2D eigenvalue weighted by atomic mass is 32.1. The molecule has 0 aliphatic heterocycles. The monoisotopic (exact) mass is 206 g/mol. The van der Waals surface area contributed by atoms with Crippen LogP contribution in [0.15, 0.2) is 18.2 Å². The number of rotatable bonds is 2. The quantitative estimate of drug-likeness (QED) is 0.578. The van der Waals surface area contributed by atoms with Crippen molar-refractivity contribution in [3.8, 4) is 17.6 Å². The van der Waals surface area contributed by atoms with Crippen LogP contribution in [-0.4, -0.2) is 12.9 Å². The number of benzene rings is 1. The van der Waals surface area contributed by atoms with Crippen molar-refractivity contribution in [1.29, 1.82) is 0 Å². The summed E-state index contributed by atoms with van der Waals surface area (Å²) in [5.74, 6) is 7.85. The fourth-order valence-electron chi connectivity index (χ4n) is 1.18. The van der Waals surface area contributed by atoms with Crippen LogP contribution in [0.25, 0.3) is 0 Å². The minimum absolute atomic E-state index is 0.808. The fraction of sp³-hybridized carbons (Fsp3) is 0.333. The summed E-state index contributed by atoms with van der Waals surface area (Å²) >= 11 is 4.10. The lowest BCUT2D eigenvalue weighted by atomic mass is 10.1.